The third-order valence-electron chi connectivity index (χ3n) is 6.75. The number of halogens is 2. The Labute approximate surface area is 219 Å². The highest BCUT2D eigenvalue weighted by Crippen LogP contribution is 2.31. The molecule has 3 aromatic carbocycles. The van der Waals surface area contributed by atoms with E-state index in [4.69, 9.17) is 4.98 Å². The Kier molecular flexibility index (Phi) is 9.61. The lowest BCUT2D eigenvalue weighted by Gasteiger charge is -2.24. The first kappa shape index (κ1) is 26.7. The molecule has 1 aromatic heterocycles. The van der Waals surface area contributed by atoms with Gasteiger partial charge in [0.2, 0.25) is 0 Å². The molecular weight excluding hydrogens is 464 g/mol. The van der Waals surface area contributed by atoms with Gasteiger partial charge >= 0.3 is 0 Å². The van der Waals surface area contributed by atoms with Crippen molar-refractivity contribution in [3.8, 4) is 22.6 Å². The summed E-state index contributed by atoms with van der Waals surface area (Å²) in [5.41, 5.74) is 4.79. The van der Waals surface area contributed by atoms with Gasteiger partial charge in [-0.25, -0.2) is 13.8 Å². The number of unbranched alkanes of at least 4 members (excludes halogenated alkanes) is 3. The maximum absolute atomic E-state index is 14.6. The van der Waals surface area contributed by atoms with Gasteiger partial charge in [0.15, 0.2) is 0 Å². The number of nitrogens with zero attached hydrogens (tertiary/aromatic N) is 3. The number of rotatable bonds is 13. The van der Waals surface area contributed by atoms with Crippen LogP contribution in [-0.2, 0) is 19.6 Å². The smallest absolute Gasteiger partial charge is 0.140 e. The lowest BCUT2D eigenvalue weighted by atomic mass is 10.1. The van der Waals surface area contributed by atoms with Crippen molar-refractivity contribution in [2.45, 2.75) is 65.6 Å². The minimum absolute atomic E-state index is 0.418. The van der Waals surface area contributed by atoms with E-state index in [0.717, 1.165) is 79.6 Å². The number of aromatic nitrogens is 2. The lowest BCUT2D eigenvalue weighted by molar-refractivity contribution is 0.243. The summed E-state index contributed by atoms with van der Waals surface area (Å²) in [5, 5.41) is 0. The summed E-state index contributed by atoms with van der Waals surface area (Å²) in [5.74, 6) is -0.0746. The van der Waals surface area contributed by atoms with Gasteiger partial charge in [0.25, 0.3) is 0 Å². The Morgan fingerprint density at radius 1 is 0.757 bits per heavy atom. The van der Waals surface area contributed by atoms with Crippen molar-refractivity contribution in [1.29, 1.82) is 0 Å². The highest BCUT2D eigenvalue weighted by molar-refractivity contribution is 5.68. The van der Waals surface area contributed by atoms with Gasteiger partial charge in [0.05, 0.1) is 11.4 Å². The molecule has 0 atom stereocenters. The van der Waals surface area contributed by atoms with Crippen LogP contribution in [-0.4, -0.2) is 21.0 Å². The van der Waals surface area contributed by atoms with E-state index in [1.54, 1.807) is 6.07 Å². The Hall–Kier alpha value is -3.31. The molecule has 0 spiro atoms. The molecule has 0 bridgehead atoms. The van der Waals surface area contributed by atoms with Gasteiger partial charge in [-0.3, -0.25) is 4.90 Å². The second-order valence-electron chi connectivity index (χ2n) is 9.62. The van der Waals surface area contributed by atoms with Crippen molar-refractivity contribution in [2.24, 2.45) is 0 Å². The van der Waals surface area contributed by atoms with Gasteiger partial charge in [0.1, 0.15) is 17.5 Å². The second-order valence-corrected chi connectivity index (χ2v) is 9.62. The first-order valence-corrected chi connectivity index (χ1v) is 13.5. The minimum Gasteiger partial charge on any atom is -0.326 e. The molecule has 0 amide bonds. The predicted molar refractivity (Wildman–Crippen MR) is 148 cm³/mol. The zero-order valence-electron chi connectivity index (χ0n) is 22.0. The van der Waals surface area contributed by atoms with Gasteiger partial charge in [-0.15, -0.1) is 0 Å². The van der Waals surface area contributed by atoms with E-state index < -0.39 is 11.6 Å². The Bertz CT molecular complexity index is 1250. The van der Waals surface area contributed by atoms with Crippen LogP contribution in [0.1, 0.15) is 57.2 Å². The fourth-order valence-corrected chi connectivity index (χ4v) is 4.74. The maximum Gasteiger partial charge on any atom is 0.140 e. The molecule has 0 aliphatic rings. The van der Waals surface area contributed by atoms with Crippen LogP contribution in [0.4, 0.5) is 8.78 Å². The maximum atomic E-state index is 14.6. The van der Waals surface area contributed by atoms with Gasteiger partial charge in [-0.1, -0.05) is 99.8 Å². The SMILES string of the molecule is CCCCCn1c(-c2ccccc2)nc(-c2ccccc2)c1CN(CCCC)Cc1ccc(F)cc1F. The highest BCUT2D eigenvalue weighted by atomic mass is 19.1. The summed E-state index contributed by atoms with van der Waals surface area (Å²) in [6.07, 6.45) is 5.39. The predicted octanol–water partition coefficient (Wildman–Crippen LogP) is 8.49. The molecule has 1 heterocycles. The Morgan fingerprint density at radius 2 is 1.43 bits per heavy atom. The van der Waals surface area contributed by atoms with Crippen LogP contribution in [0, 0.1) is 11.6 Å². The average Bonchev–Trinajstić information content (AvgIpc) is 3.27. The summed E-state index contributed by atoms with van der Waals surface area (Å²) < 4.78 is 30.6. The summed E-state index contributed by atoms with van der Waals surface area (Å²) in [7, 11) is 0. The van der Waals surface area contributed by atoms with Crippen LogP contribution in [0.15, 0.2) is 78.9 Å². The van der Waals surface area contributed by atoms with Gasteiger partial charge in [-0.05, 0) is 25.5 Å². The van der Waals surface area contributed by atoms with Crippen molar-refractivity contribution in [2.75, 3.05) is 6.54 Å². The molecular formula is C32H37F2N3. The third kappa shape index (κ3) is 6.92. The topological polar surface area (TPSA) is 21.1 Å². The van der Waals surface area contributed by atoms with Crippen LogP contribution in [0.3, 0.4) is 0 Å². The van der Waals surface area contributed by atoms with Crippen molar-refractivity contribution in [3.63, 3.8) is 0 Å². The van der Waals surface area contributed by atoms with Crippen LogP contribution >= 0.6 is 0 Å². The molecule has 0 N–H and O–H groups in total. The summed E-state index contributed by atoms with van der Waals surface area (Å²) in [6, 6.07) is 24.5. The molecule has 0 saturated heterocycles. The van der Waals surface area contributed by atoms with Crippen molar-refractivity contribution in [1.82, 2.24) is 14.5 Å². The zero-order valence-corrected chi connectivity index (χ0v) is 22.0. The fourth-order valence-electron chi connectivity index (χ4n) is 4.74. The number of benzene rings is 3. The molecule has 0 radical (unpaired) electrons. The molecule has 5 heteroatoms. The van der Waals surface area contributed by atoms with E-state index in [1.165, 1.54) is 6.07 Å². The first-order valence-electron chi connectivity index (χ1n) is 13.5. The van der Waals surface area contributed by atoms with E-state index in [-0.39, 0.29) is 0 Å². The molecule has 0 unspecified atom stereocenters. The Balaban J connectivity index is 1.79. The Morgan fingerprint density at radius 3 is 2.08 bits per heavy atom. The van der Waals surface area contributed by atoms with Crippen molar-refractivity contribution in [3.05, 3.63) is 102 Å². The summed E-state index contributed by atoms with van der Waals surface area (Å²) in [6.45, 7) is 7.12. The van der Waals surface area contributed by atoms with Crippen molar-refractivity contribution < 1.29 is 8.78 Å². The quantitative estimate of drug-likeness (QED) is 0.171. The van der Waals surface area contributed by atoms with Crippen LogP contribution in [0.5, 0.6) is 0 Å². The zero-order chi connectivity index (χ0) is 26.0. The lowest BCUT2D eigenvalue weighted by Crippen LogP contribution is -2.26. The molecule has 0 saturated carbocycles. The molecule has 37 heavy (non-hydrogen) atoms. The minimum atomic E-state index is -0.547. The number of hydrogen-bond donors (Lipinski definition) is 0. The molecule has 194 valence electrons. The molecule has 4 rings (SSSR count). The molecule has 4 aromatic rings. The van der Waals surface area contributed by atoms with Crippen LogP contribution in [0.25, 0.3) is 22.6 Å². The van der Waals surface area contributed by atoms with E-state index >= 15 is 0 Å². The molecule has 0 aliphatic heterocycles. The summed E-state index contributed by atoms with van der Waals surface area (Å²) >= 11 is 0. The van der Waals surface area contributed by atoms with Gasteiger partial charge in [0, 0.05) is 42.4 Å². The first-order chi connectivity index (χ1) is 18.1. The monoisotopic (exact) mass is 501 g/mol. The van der Waals surface area contributed by atoms with Crippen LogP contribution in [0.2, 0.25) is 0 Å². The fraction of sp³-hybridized carbons (Fsp3) is 0.344. The number of hydrogen-bond acceptors (Lipinski definition) is 2. The van der Waals surface area contributed by atoms with E-state index in [0.29, 0.717) is 18.7 Å². The molecule has 0 aliphatic carbocycles. The standard InChI is InChI=1S/C32H37F2N3/c1-3-5-13-21-37-30(24-36(20-6-4-2)23-27-18-19-28(33)22-29(27)34)31(25-14-9-7-10-15-25)35-32(37)26-16-11-8-12-17-26/h7-12,14-19,22H,3-6,13,20-21,23-24H2,1-2H3. The summed E-state index contributed by atoms with van der Waals surface area (Å²) in [4.78, 5) is 7.48. The van der Waals surface area contributed by atoms with E-state index in [1.807, 2.05) is 36.4 Å². The molecule has 0 fully saturated rings. The van der Waals surface area contributed by atoms with Crippen molar-refractivity contribution >= 4 is 0 Å². The van der Waals surface area contributed by atoms with E-state index in [9.17, 15) is 8.78 Å². The molecule has 3 nitrogen and oxygen atoms in total. The third-order valence-corrected chi connectivity index (χ3v) is 6.75. The normalized spacial score (nSPS) is 11.4. The van der Waals surface area contributed by atoms with Gasteiger partial charge < -0.3 is 4.57 Å². The van der Waals surface area contributed by atoms with Gasteiger partial charge in [-0.2, -0.15) is 0 Å². The number of imidazole rings is 1. The van der Waals surface area contributed by atoms with E-state index in [2.05, 4.69) is 47.6 Å². The van der Waals surface area contributed by atoms with Crippen LogP contribution < -0.4 is 0 Å². The largest absolute Gasteiger partial charge is 0.326 e. The second kappa shape index (κ2) is 13.3. The average molecular weight is 502 g/mol. The highest BCUT2D eigenvalue weighted by Gasteiger charge is 2.22.